The Labute approximate surface area is 205 Å². The Bertz CT molecular complexity index is 1540. The number of rotatable bonds is 4. The van der Waals surface area contributed by atoms with Crippen molar-refractivity contribution < 1.29 is 4.79 Å². The van der Waals surface area contributed by atoms with Crippen molar-refractivity contribution in [3.05, 3.63) is 107 Å². The van der Waals surface area contributed by atoms with E-state index in [9.17, 15) is 4.79 Å². The fraction of sp³-hybridized carbons (Fsp3) is 0.194. The zero-order chi connectivity index (χ0) is 23.9. The molecule has 0 fully saturated rings. The monoisotopic (exact) mass is 459 g/mol. The topological polar surface area (TPSA) is 38.4 Å². The molecule has 5 aromatic rings. The summed E-state index contributed by atoms with van der Waals surface area (Å²) in [5, 5.41) is 3.16. The van der Waals surface area contributed by atoms with E-state index >= 15 is 0 Å². The summed E-state index contributed by atoms with van der Waals surface area (Å²) in [6, 6.07) is 26.8. The Morgan fingerprint density at radius 3 is 2.31 bits per heavy atom. The van der Waals surface area contributed by atoms with Gasteiger partial charge in [0.15, 0.2) is 0 Å². The SMILES string of the molecule is Cc1ccc(-c2c3c4n(c(-c5ccccc5)cn4c2C(=O)Nc2ccccc2)CCCC3)cc1C. The number of aromatic nitrogens is 2. The quantitative estimate of drug-likeness (QED) is 0.301. The van der Waals surface area contributed by atoms with Crippen LogP contribution in [0.1, 0.15) is 40.0 Å². The number of anilines is 1. The van der Waals surface area contributed by atoms with Crippen molar-refractivity contribution in [2.45, 2.75) is 39.7 Å². The van der Waals surface area contributed by atoms with Gasteiger partial charge in [-0.3, -0.25) is 9.20 Å². The summed E-state index contributed by atoms with van der Waals surface area (Å²) in [5.41, 5.74) is 10.9. The molecule has 0 saturated heterocycles. The van der Waals surface area contributed by atoms with Crippen LogP contribution >= 0.6 is 0 Å². The number of para-hydroxylation sites is 1. The van der Waals surface area contributed by atoms with Crippen LogP contribution in [0.5, 0.6) is 0 Å². The maximum absolute atomic E-state index is 13.9. The minimum atomic E-state index is -0.0805. The molecule has 3 heterocycles. The fourth-order valence-electron chi connectivity index (χ4n) is 5.37. The first kappa shape index (κ1) is 21.5. The Hall–Kier alpha value is -4.05. The predicted molar refractivity (Wildman–Crippen MR) is 143 cm³/mol. The highest BCUT2D eigenvalue weighted by Gasteiger charge is 2.29. The van der Waals surface area contributed by atoms with Gasteiger partial charge in [0.1, 0.15) is 11.3 Å². The van der Waals surface area contributed by atoms with Gasteiger partial charge in [-0.2, -0.15) is 0 Å². The smallest absolute Gasteiger partial charge is 0.273 e. The van der Waals surface area contributed by atoms with Crippen LogP contribution in [0.3, 0.4) is 0 Å². The molecule has 6 rings (SSSR count). The van der Waals surface area contributed by atoms with Crippen molar-refractivity contribution in [1.82, 2.24) is 8.97 Å². The molecule has 0 unspecified atom stereocenters. The van der Waals surface area contributed by atoms with Crippen molar-refractivity contribution in [3.63, 3.8) is 0 Å². The molecule has 35 heavy (non-hydrogen) atoms. The average Bonchev–Trinajstić information content (AvgIpc) is 3.30. The van der Waals surface area contributed by atoms with Crippen molar-refractivity contribution in [2.75, 3.05) is 5.32 Å². The molecule has 1 aliphatic rings. The van der Waals surface area contributed by atoms with Crippen LogP contribution in [-0.4, -0.2) is 14.9 Å². The Balaban J connectivity index is 1.64. The van der Waals surface area contributed by atoms with E-state index in [1.165, 1.54) is 22.3 Å². The number of hydrogen-bond donors (Lipinski definition) is 1. The second-order valence-electron chi connectivity index (χ2n) is 9.50. The van der Waals surface area contributed by atoms with Crippen molar-refractivity contribution in [3.8, 4) is 22.4 Å². The molecular weight excluding hydrogens is 430 g/mol. The summed E-state index contributed by atoms with van der Waals surface area (Å²) in [7, 11) is 0. The molecule has 0 bridgehead atoms. The average molecular weight is 460 g/mol. The lowest BCUT2D eigenvalue weighted by atomic mass is 9.95. The number of nitrogens with one attached hydrogen (secondary N) is 1. The molecule has 1 aliphatic heterocycles. The van der Waals surface area contributed by atoms with E-state index in [1.54, 1.807) is 0 Å². The maximum Gasteiger partial charge on any atom is 0.273 e. The number of imidazole rings is 1. The summed E-state index contributed by atoms with van der Waals surface area (Å²) in [6.45, 7) is 5.22. The number of benzene rings is 3. The van der Waals surface area contributed by atoms with Crippen LogP contribution in [0.2, 0.25) is 0 Å². The molecule has 0 saturated carbocycles. The molecule has 3 aromatic carbocycles. The van der Waals surface area contributed by atoms with Gasteiger partial charge in [-0.1, -0.05) is 66.7 Å². The summed E-state index contributed by atoms with van der Waals surface area (Å²) >= 11 is 0. The van der Waals surface area contributed by atoms with Crippen molar-refractivity contribution in [2.24, 2.45) is 0 Å². The molecule has 174 valence electrons. The van der Waals surface area contributed by atoms with E-state index in [4.69, 9.17) is 0 Å². The second-order valence-corrected chi connectivity index (χ2v) is 9.50. The number of carbonyl (C=O) groups excluding carboxylic acids is 1. The van der Waals surface area contributed by atoms with E-state index in [1.807, 2.05) is 36.4 Å². The third-order valence-electron chi connectivity index (χ3n) is 7.25. The summed E-state index contributed by atoms with van der Waals surface area (Å²) in [4.78, 5) is 13.9. The lowest BCUT2D eigenvalue weighted by molar-refractivity contribution is 0.102. The van der Waals surface area contributed by atoms with Gasteiger partial charge in [0.05, 0.1) is 5.69 Å². The summed E-state index contributed by atoms with van der Waals surface area (Å²) in [5.74, 6) is -0.0805. The summed E-state index contributed by atoms with van der Waals surface area (Å²) in [6.07, 6.45) is 5.34. The van der Waals surface area contributed by atoms with Crippen LogP contribution in [0.15, 0.2) is 85.1 Å². The Morgan fingerprint density at radius 2 is 1.57 bits per heavy atom. The second kappa shape index (κ2) is 8.62. The number of carbonyl (C=O) groups is 1. The number of amides is 1. The highest BCUT2D eigenvalue weighted by molar-refractivity contribution is 6.10. The van der Waals surface area contributed by atoms with Gasteiger partial charge < -0.3 is 9.88 Å². The fourth-order valence-corrected chi connectivity index (χ4v) is 5.37. The van der Waals surface area contributed by atoms with E-state index in [-0.39, 0.29) is 5.91 Å². The standard InChI is InChI=1S/C31H29N3O/c1-21-16-17-24(19-22(21)2)28-26-15-9-10-18-33-27(23-11-5-3-6-12-23)20-34(31(26)33)29(28)30(35)32-25-13-7-4-8-14-25/h3-8,11-14,16-17,19-20H,9-10,15,18H2,1-2H3,(H,32,35). The van der Waals surface area contributed by atoms with Crippen LogP contribution in [0.4, 0.5) is 5.69 Å². The van der Waals surface area contributed by atoms with Gasteiger partial charge in [-0.05, 0) is 67.5 Å². The zero-order valence-electron chi connectivity index (χ0n) is 20.2. The molecule has 0 aliphatic carbocycles. The summed E-state index contributed by atoms with van der Waals surface area (Å²) < 4.78 is 4.56. The Kier molecular flexibility index (Phi) is 5.29. The van der Waals surface area contributed by atoms with E-state index in [0.29, 0.717) is 5.69 Å². The van der Waals surface area contributed by atoms with Gasteiger partial charge >= 0.3 is 0 Å². The first-order valence-electron chi connectivity index (χ1n) is 12.4. The Morgan fingerprint density at radius 1 is 0.829 bits per heavy atom. The molecule has 0 atom stereocenters. The lowest BCUT2D eigenvalue weighted by Crippen LogP contribution is -2.15. The number of hydrogen-bond acceptors (Lipinski definition) is 1. The van der Waals surface area contributed by atoms with Crippen LogP contribution in [-0.2, 0) is 13.0 Å². The largest absolute Gasteiger partial charge is 0.325 e. The first-order valence-corrected chi connectivity index (χ1v) is 12.4. The molecule has 0 radical (unpaired) electrons. The molecular formula is C31H29N3O. The third kappa shape index (κ3) is 3.66. The van der Waals surface area contributed by atoms with E-state index < -0.39 is 0 Å². The minimum Gasteiger partial charge on any atom is -0.325 e. The third-order valence-corrected chi connectivity index (χ3v) is 7.25. The van der Waals surface area contributed by atoms with Crippen LogP contribution in [0.25, 0.3) is 28.0 Å². The number of aryl methyl sites for hydroxylation is 4. The van der Waals surface area contributed by atoms with E-state index in [0.717, 1.165) is 54.0 Å². The van der Waals surface area contributed by atoms with Crippen molar-refractivity contribution >= 4 is 17.2 Å². The van der Waals surface area contributed by atoms with Gasteiger partial charge in [0, 0.05) is 29.6 Å². The zero-order valence-corrected chi connectivity index (χ0v) is 20.2. The molecule has 4 nitrogen and oxygen atoms in total. The predicted octanol–water partition coefficient (Wildman–Crippen LogP) is 7.28. The minimum absolute atomic E-state index is 0.0805. The highest BCUT2D eigenvalue weighted by Crippen LogP contribution is 2.40. The van der Waals surface area contributed by atoms with Gasteiger partial charge in [-0.15, -0.1) is 0 Å². The first-order chi connectivity index (χ1) is 17.1. The molecule has 1 amide bonds. The molecule has 4 heteroatoms. The van der Waals surface area contributed by atoms with E-state index in [2.05, 4.69) is 76.8 Å². The van der Waals surface area contributed by atoms with Gasteiger partial charge in [0.25, 0.3) is 5.91 Å². The molecule has 2 aromatic heterocycles. The van der Waals surface area contributed by atoms with Gasteiger partial charge in [-0.25, -0.2) is 0 Å². The van der Waals surface area contributed by atoms with Crippen molar-refractivity contribution in [1.29, 1.82) is 0 Å². The molecule has 1 N–H and O–H groups in total. The number of nitrogens with zero attached hydrogens (tertiary/aromatic N) is 2. The molecule has 0 spiro atoms. The van der Waals surface area contributed by atoms with Gasteiger partial charge in [0.2, 0.25) is 0 Å². The lowest BCUT2D eigenvalue weighted by Gasteiger charge is -2.11. The normalized spacial score (nSPS) is 13.1. The highest BCUT2D eigenvalue weighted by atomic mass is 16.1. The van der Waals surface area contributed by atoms with Crippen LogP contribution < -0.4 is 5.32 Å². The maximum atomic E-state index is 13.9. The van der Waals surface area contributed by atoms with Crippen LogP contribution in [0, 0.1) is 13.8 Å².